The minimum Gasteiger partial charge on any atom is -0.494 e. The van der Waals surface area contributed by atoms with E-state index in [1.807, 2.05) is 0 Å². The zero-order valence-corrected chi connectivity index (χ0v) is 21.7. The standard InChI is InChI=1S/C28H27F4N5O3/c1-15-11-16(3-7-19(15)27(39)35-18-5-6-18)23-14-34-26-22(33-10-9-28(30,31)32)13-21(36-37(23)26)25(38)17-4-8-24(40-2)20(29)12-17/h3-4,7-8,11-14,18,25,33,38H,5-6,9-10H2,1-2H3,(H,35,39). The molecule has 2 heterocycles. The van der Waals surface area contributed by atoms with Crippen molar-refractivity contribution in [1.29, 1.82) is 0 Å². The van der Waals surface area contributed by atoms with Crippen molar-refractivity contribution in [3.63, 3.8) is 0 Å². The lowest BCUT2D eigenvalue weighted by atomic mass is 10.0. The van der Waals surface area contributed by atoms with E-state index in [0.717, 1.165) is 24.5 Å². The molecule has 1 aliphatic rings. The van der Waals surface area contributed by atoms with Gasteiger partial charge in [0.15, 0.2) is 17.2 Å². The Morgan fingerprint density at radius 1 is 1.20 bits per heavy atom. The Bertz CT molecular complexity index is 1570. The number of hydrogen-bond acceptors (Lipinski definition) is 6. The number of aryl methyl sites for hydroxylation is 1. The largest absolute Gasteiger partial charge is 0.494 e. The quantitative estimate of drug-likeness (QED) is 0.245. The third kappa shape index (κ3) is 5.86. The summed E-state index contributed by atoms with van der Waals surface area (Å²) in [4.78, 5) is 16.9. The number of amides is 1. The molecule has 5 rings (SSSR count). The van der Waals surface area contributed by atoms with Crippen LogP contribution in [0.2, 0.25) is 0 Å². The van der Waals surface area contributed by atoms with E-state index in [4.69, 9.17) is 4.74 Å². The first-order valence-electron chi connectivity index (χ1n) is 12.7. The summed E-state index contributed by atoms with van der Waals surface area (Å²) in [7, 11) is 1.32. The summed E-state index contributed by atoms with van der Waals surface area (Å²) in [5.74, 6) is -0.847. The molecule has 0 bridgehead atoms. The molecule has 1 amide bonds. The Kier molecular flexibility index (Phi) is 7.37. The smallest absolute Gasteiger partial charge is 0.390 e. The Labute approximate surface area is 227 Å². The summed E-state index contributed by atoms with van der Waals surface area (Å²) in [6.45, 7) is 1.38. The SMILES string of the molecule is COc1ccc(C(O)c2cc(NCCC(F)(F)F)c3ncc(-c4ccc(C(=O)NC5CC5)c(C)c4)n3n2)cc1F. The Balaban J connectivity index is 1.54. The highest BCUT2D eigenvalue weighted by Crippen LogP contribution is 2.31. The number of aromatic nitrogens is 3. The van der Waals surface area contributed by atoms with E-state index < -0.39 is 31.1 Å². The van der Waals surface area contributed by atoms with Crippen molar-refractivity contribution in [2.45, 2.75) is 44.5 Å². The van der Waals surface area contributed by atoms with Gasteiger partial charge in [0.25, 0.3) is 5.91 Å². The highest BCUT2D eigenvalue weighted by molar-refractivity contribution is 5.96. The number of rotatable bonds is 9. The third-order valence-electron chi connectivity index (χ3n) is 6.66. The number of benzene rings is 2. The average Bonchev–Trinajstić information content (AvgIpc) is 3.61. The van der Waals surface area contributed by atoms with Gasteiger partial charge in [0, 0.05) is 23.7 Å². The van der Waals surface area contributed by atoms with Crippen molar-refractivity contribution in [3.8, 4) is 17.0 Å². The van der Waals surface area contributed by atoms with Crippen LogP contribution in [0.1, 0.15) is 52.5 Å². The fourth-order valence-corrected chi connectivity index (χ4v) is 4.38. The molecule has 210 valence electrons. The summed E-state index contributed by atoms with van der Waals surface area (Å²) < 4.78 is 59.2. The maximum absolute atomic E-state index is 14.4. The molecule has 1 fully saturated rings. The van der Waals surface area contributed by atoms with Crippen LogP contribution in [0.3, 0.4) is 0 Å². The van der Waals surface area contributed by atoms with Gasteiger partial charge in [-0.2, -0.15) is 18.3 Å². The molecule has 3 N–H and O–H groups in total. The van der Waals surface area contributed by atoms with Crippen molar-refractivity contribution < 1.29 is 32.2 Å². The molecule has 8 nitrogen and oxygen atoms in total. The van der Waals surface area contributed by atoms with Crippen LogP contribution < -0.4 is 15.4 Å². The molecule has 1 aliphatic carbocycles. The van der Waals surface area contributed by atoms with Crippen molar-refractivity contribution in [2.24, 2.45) is 0 Å². The van der Waals surface area contributed by atoms with Crippen LogP contribution >= 0.6 is 0 Å². The summed E-state index contributed by atoms with van der Waals surface area (Å²) in [6, 6.07) is 10.8. The molecule has 0 spiro atoms. The number of aliphatic hydroxyl groups excluding tert-OH is 1. The number of nitrogens with one attached hydrogen (secondary N) is 2. The van der Waals surface area contributed by atoms with Crippen LogP contribution in [0.4, 0.5) is 23.2 Å². The van der Waals surface area contributed by atoms with Gasteiger partial charge in [-0.1, -0.05) is 12.1 Å². The van der Waals surface area contributed by atoms with Gasteiger partial charge in [0.05, 0.1) is 36.8 Å². The Morgan fingerprint density at radius 2 is 1.98 bits per heavy atom. The second-order valence-corrected chi connectivity index (χ2v) is 9.73. The number of ether oxygens (including phenoxy) is 1. The number of anilines is 1. The number of nitrogens with zero attached hydrogens (tertiary/aromatic N) is 3. The number of halogens is 4. The van der Waals surface area contributed by atoms with Crippen molar-refractivity contribution >= 4 is 17.2 Å². The number of aliphatic hydroxyl groups is 1. The van der Waals surface area contributed by atoms with Crippen LogP contribution in [0.25, 0.3) is 16.9 Å². The zero-order chi connectivity index (χ0) is 28.6. The van der Waals surface area contributed by atoms with Gasteiger partial charge in [-0.25, -0.2) is 13.9 Å². The highest BCUT2D eigenvalue weighted by Gasteiger charge is 2.27. The molecule has 1 unspecified atom stereocenters. The molecule has 0 radical (unpaired) electrons. The molecular weight excluding hydrogens is 530 g/mol. The molecule has 4 aromatic rings. The number of carbonyl (C=O) groups is 1. The fourth-order valence-electron chi connectivity index (χ4n) is 4.38. The molecule has 0 aliphatic heterocycles. The van der Waals surface area contributed by atoms with Crippen LogP contribution in [0.5, 0.6) is 5.75 Å². The van der Waals surface area contributed by atoms with Crippen LogP contribution in [0, 0.1) is 12.7 Å². The summed E-state index contributed by atoms with van der Waals surface area (Å²) in [6.07, 6.45) is -3.41. The van der Waals surface area contributed by atoms with Gasteiger partial charge in [0.1, 0.15) is 6.10 Å². The molecule has 1 saturated carbocycles. The van der Waals surface area contributed by atoms with E-state index in [2.05, 4.69) is 20.7 Å². The number of imidazole rings is 1. The van der Waals surface area contributed by atoms with Gasteiger partial charge >= 0.3 is 6.18 Å². The first-order chi connectivity index (χ1) is 19.0. The number of fused-ring (bicyclic) bond motifs is 1. The van der Waals surface area contributed by atoms with Gasteiger partial charge in [0.2, 0.25) is 0 Å². The average molecular weight is 558 g/mol. The lowest BCUT2D eigenvalue weighted by molar-refractivity contribution is -0.131. The topological polar surface area (TPSA) is 101 Å². The van der Waals surface area contributed by atoms with Gasteiger partial charge in [-0.15, -0.1) is 0 Å². The van der Waals surface area contributed by atoms with E-state index in [9.17, 15) is 27.5 Å². The zero-order valence-electron chi connectivity index (χ0n) is 21.7. The van der Waals surface area contributed by atoms with Crippen LogP contribution in [-0.2, 0) is 0 Å². The predicted octanol–water partition coefficient (Wildman–Crippen LogP) is 5.19. The van der Waals surface area contributed by atoms with Gasteiger partial charge < -0.3 is 20.5 Å². The second kappa shape index (κ2) is 10.8. The fraction of sp³-hybridized carbons (Fsp3) is 0.321. The van der Waals surface area contributed by atoms with E-state index in [1.165, 1.54) is 36.0 Å². The summed E-state index contributed by atoms with van der Waals surface area (Å²) in [5.41, 5.74) is 3.08. The predicted molar refractivity (Wildman–Crippen MR) is 140 cm³/mol. The van der Waals surface area contributed by atoms with Crippen LogP contribution in [-0.4, -0.2) is 51.5 Å². The highest BCUT2D eigenvalue weighted by atomic mass is 19.4. The van der Waals surface area contributed by atoms with E-state index >= 15 is 0 Å². The number of hydrogen-bond donors (Lipinski definition) is 3. The lowest BCUT2D eigenvalue weighted by Crippen LogP contribution is -2.26. The molecule has 40 heavy (non-hydrogen) atoms. The van der Waals surface area contributed by atoms with Crippen molar-refractivity contribution in [2.75, 3.05) is 19.0 Å². The van der Waals surface area contributed by atoms with E-state index in [-0.39, 0.29) is 40.3 Å². The number of alkyl halides is 3. The Morgan fingerprint density at radius 3 is 2.62 bits per heavy atom. The minimum absolute atomic E-state index is 0.00427. The van der Waals surface area contributed by atoms with E-state index in [1.54, 1.807) is 25.1 Å². The van der Waals surface area contributed by atoms with Crippen molar-refractivity contribution in [3.05, 3.63) is 76.9 Å². The van der Waals surface area contributed by atoms with Gasteiger partial charge in [-0.3, -0.25) is 4.79 Å². The first kappa shape index (κ1) is 27.4. The minimum atomic E-state index is -4.37. The van der Waals surface area contributed by atoms with Crippen LogP contribution in [0.15, 0.2) is 48.7 Å². The number of methoxy groups -OCH3 is 1. The molecular formula is C28H27F4N5O3. The lowest BCUT2D eigenvalue weighted by Gasteiger charge is -2.16. The van der Waals surface area contributed by atoms with Gasteiger partial charge in [-0.05, 0) is 61.2 Å². The normalized spacial score (nSPS) is 14.3. The summed E-state index contributed by atoms with van der Waals surface area (Å²) >= 11 is 0. The first-order valence-corrected chi connectivity index (χ1v) is 12.7. The number of carbonyl (C=O) groups excluding carboxylic acids is 1. The molecule has 2 aromatic heterocycles. The molecule has 1 atom stereocenters. The Hall–Kier alpha value is -4.19. The molecule has 0 saturated heterocycles. The third-order valence-corrected chi connectivity index (χ3v) is 6.66. The molecule has 2 aromatic carbocycles. The van der Waals surface area contributed by atoms with Crippen molar-refractivity contribution in [1.82, 2.24) is 19.9 Å². The maximum atomic E-state index is 14.4. The second-order valence-electron chi connectivity index (χ2n) is 9.73. The maximum Gasteiger partial charge on any atom is 0.390 e. The summed E-state index contributed by atoms with van der Waals surface area (Å²) in [5, 5.41) is 21.3. The monoisotopic (exact) mass is 557 g/mol. The van der Waals surface area contributed by atoms with E-state index in [0.29, 0.717) is 16.8 Å². The molecule has 12 heteroatoms.